The SMILES string of the molecule is CCOC(=O)c1sccc1NC(=O)C(=O)c1c[nH]c2ccccc12. The number of thiophene rings is 1. The third-order valence-corrected chi connectivity index (χ3v) is 4.31. The van der Waals surface area contributed by atoms with E-state index in [4.69, 9.17) is 4.74 Å². The van der Waals surface area contributed by atoms with Gasteiger partial charge in [0.2, 0.25) is 0 Å². The van der Waals surface area contributed by atoms with Gasteiger partial charge in [-0.05, 0) is 24.4 Å². The molecule has 0 unspecified atom stereocenters. The minimum Gasteiger partial charge on any atom is -0.462 e. The van der Waals surface area contributed by atoms with Crippen molar-refractivity contribution in [3.63, 3.8) is 0 Å². The molecule has 0 fully saturated rings. The minimum atomic E-state index is -0.802. The van der Waals surface area contributed by atoms with Gasteiger partial charge in [-0.15, -0.1) is 11.3 Å². The van der Waals surface area contributed by atoms with Gasteiger partial charge in [0.15, 0.2) is 0 Å². The number of rotatable bonds is 5. The number of para-hydroxylation sites is 1. The zero-order valence-electron chi connectivity index (χ0n) is 12.8. The maximum Gasteiger partial charge on any atom is 0.350 e. The van der Waals surface area contributed by atoms with E-state index in [-0.39, 0.29) is 22.7 Å². The smallest absolute Gasteiger partial charge is 0.350 e. The van der Waals surface area contributed by atoms with Crippen LogP contribution in [0.3, 0.4) is 0 Å². The molecule has 122 valence electrons. The van der Waals surface area contributed by atoms with Crippen molar-refractivity contribution in [2.24, 2.45) is 0 Å². The summed E-state index contributed by atoms with van der Waals surface area (Å²) < 4.78 is 4.93. The number of hydrogen-bond donors (Lipinski definition) is 2. The Morgan fingerprint density at radius 2 is 2.00 bits per heavy atom. The molecule has 0 aliphatic rings. The van der Waals surface area contributed by atoms with Gasteiger partial charge < -0.3 is 15.0 Å². The van der Waals surface area contributed by atoms with Gasteiger partial charge in [0.1, 0.15) is 4.88 Å². The number of amides is 1. The lowest BCUT2D eigenvalue weighted by atomic mass is 10.1. The Kier molecular flexibility index (Phi) is 4.43. The molecule has 2 N–H and O–H groups in total. The first-order valence-electron chi connectivity index (χ1n) is 7.28. The molecule has 0 atom stereocenters. The van der Waals surface area contributed by atoms with Gasteiger partial charge in [0.05, 0.1) is 17.9 Å². The topological polar surface area (TPSA) is 88.3 Å². The van der Waals surface area contributed by atoms with Crippen LogP contribution in [0.25, 0.3) is 10.9 Å². The highest BCUT2D eigenvalue weighted by Crippen LogP contribution is 2.24. The molecule has 0 saturated heterocycles. The molecule has 0 aliphatic carbocycles. The molecule has 0 saturated carbocycles. The molecule has 0 bridgehead atoms. The number of hydrogen-bond acceptors (Lipinski definition) is 5. The standard InChI is InChI=1S/C17H14N2O4S/c1-2-23-17(22)15-13(7-8-24-15)19-16(21)14(20)11-9-18-12-6-4-3-5-10(11)12/h3-9,18H,2H2,1H3,(H,19,21). The fraction of sp³-hybridized carbons (Fsp3) is 0.118. The zero-order chi connectivity index (χ0) is 17.1. The summed E-state index contributed by atoms with van der Waals surface area (Å²) in [6, 6.07) is 8.78. The second kappa shape index (κ2) is 6.67. The normalized spacial score (nSPS) is 10.5. The number of Topliss-reactive ketones (excluding diaryl/α,β-unsaturated/α-hetero) is 1. The van der Waals surface area contributed by atoms with E-state index in [0.29, 0.717) is 5.39 Å². The Labute approximate surface area is 141 Å². The zero-order valence-corrected chi connectivity index (χ0v) is 13.6. The van der Waals surface area contributed by atoms with Crippen molar-refractivity contribution >= 4 is 45.6 Å². The molecule has 2 heterocycles. The van der Waals surface area contributed by atoms with Crippen molar-refractivity contribution in [2.45, 2.75) is 6.92 Å². The molecule has 1 amide bonds. The largest absolute Gasteiger partial charge is 0.462 e. The lowest BCUT2D eigenvalue weighted by Crippen LogP contribution is -2.23. The molecule has 24 heavy (non-hydrogen) atoms. The third kappa shape index (κ3) is 2.93. The number of ether oxygens (including phenoxy) is 1. The number of aromatic nitrogens is 1. The number of aromatic amines is 1. The van der Waals surface area contributed by atoms with Crippen LogP contribution in [0.2, 0.25) is 0 Å². The monoisotopic (exact) mass is 342 g/mol. The van der Waals surface area contributed by atoms with Gasteiger partial charge >= 0.3 is 5.97 Å². The first kappa shape index (κ1) is 15.9. The van der Waals surface area contributed by atoms with E-state index < -0.39 is 17.7 Å². The van der Waals surface area contributed by atoms with Gasteiger partial charge in [-0.2, -0.15) is 0 Å². The maximum atomic E-state index is 12.4. The van der Waals surface area contributed by atoms with E-state index >= 15 is 0 Å². The Hall–Kier alpha value is -2.93. The quantitative estimate of drug-likeness (QED) is 0.423. The summed E-state index contributed by atoms with van der Waals surface area (Å²) in [6.45, 7) is 1.93. The van der Waals surface area contributed by atoms with Crippen LogP contribution < -0.4 is 5.32 Å². The van der Waals surface area contributed by atoms with Gasteiger partial charge in [-0.3, -0.25) is 9.59 Å². The number of esters is 1. The Bertz CT molecular complexity index is 925. The van der Waals surface area contributed by atoms with E-state index in [1.807, 2.05) is 12.1 Å². The average molecular weight is 342 g/mol. The van der Waals surface area contributed by atoms with Crippen molar-refractivity contribution in [2.75, 3.05) is 11.9 Å². The van der Waals surface area contributed by atoms with Gasteiger partial charge in [0.25, 0.3) is 11.7 Å². The molecule has 2 aromatic heterocycles. The number of nitrogens with one attached hydrogen (secondary N) is 2. The summed E-state index contributed by atoms with van der Waals surface area (Å²) in [4.78, 5) is 39.7. The number of fused-ring (bicyclic) bond motifs is 1. The molecular formula is C17H14N2O4S. The van der Waals surface area contributed by atoms with Crippen LogP contribution in [0.4, 0.5) is 5.69 Å². The van der Waals surface area contributed by atoms with E-state index in [2.05, 4.69) is 10.3 Å². The Morgan fingerprint density at radius 1 is 1.21 bits per heavy atom. The number of carbonyl (C=O) groups is 3. The van der Waals surface area contributed by atoms with Crippen LogP contribution in [-0.4, -0.2) is 29.3 Å². The first-order valence-corrected chi connectivity index (χ1v) is 8.16. The number of H-pyrrole nitrogens is 1. The molecule has 6 nitrogen and oxygen atoms in total. The first-order chi connectivity index (χ1) is 11.6. The second-order valence-electron chi connectivity index (χ2n) is 4.92. The predicted molar refractivity (Wildman–Crippen MR) is 91.5 cm³/mol. The van der Waals surface area contributed by atoms with Crippen LogP contribution in [-0.2, 0) is 9.53 Å². The number of anilines is 1. The van der Waals surface area contributed by atoms with Crippen molar-refractivity contribution in [3.8, 4) is 0 Å². The molecule has 0 spiro atoms. The van der Waals surface area contributed by atoms with E-state index in [1.165, 1.54) is 6.20 Å². The highest BCUT2D eigenvalue weighted by atomic mass is 32.1. The lowest BCUT2D eigenvalue weighted by molar-refractivity contribution is -0.112. The second-order valence-corrected chi connectivity index (χ2v) is 5.83. The summed E-state index contributed by atoms with van der Waals surface area (Å²) >= 11 is 1.14. The van der Waals surface area contributed by atoms with Gasteiger partial charge in [0, 0.05) is 17.1 Å². The Morgan fingerprint density at radius 3 is 2.79 bits per heavy atom. The third-order valence-electron chi connectivity index (χ3n) is 3.41. The maximum absolute atomic E-state index is 12.4. The minimum absolute atomic E-state index is 0.235. The molecule has 3 aromatic rings. The van der Waals surface area contributed by atoms with Crippen molar-refractivity contribution in [1.29, 1.82) is 0 Å². The lowest BCUT2D eigenvalue weighted by Gasteiger charge is -2.05. The van der Waals surface area contributed by atoms with Crippen LogP contribution >= 0.6 is 11.3 Å². The van der Waals surface area contributed by atoms with Crippen molar-refractivity contribution < 1.29 is 19.1 Å². The van der Waals surface area contributed by atoms with Crippen LogP contribution in [0.1, 0.15) is 27.0 Å². The van der Waals surface area contributed by atoms with Crippen molar-refractivity contribution in [3.05, 3.63) is 52.3 Å². The van der Waals surface area contributed by atoms with Crippen LogP contribution in [0.15, 0.2) is 41.9 Å². The molecular weight excluding hydrogens is 328 g/mol. The van der Waals surface area contributed by atoms with Gasteiger partial charge in [-0.1, -0.05) is 18.2 Å². The van der Waals surface area contributed by atoms with Crippen LogP contribution in [0, 0.1) is 0 Å². The van der Waals surface area contributed by atoms with Gasteiger partial charge in [-0.25, -0.2) is 4.79 Å². The highest BCUT2D eigenvalue weighted by Gasteiger charge is 2.23. The molecule has 0 radical (unpaired) electrons. The predicted octanol–water partition coefficient (Wildman–Crippen LogP) is 3.23. The van der Waals surface area contributed by atoms with E-state index in [1.54, 1.807) is 30.5 Å². The summed E-state index contributed by atoms with van der Waals surface area (Å²) in [7, 11) is 0. The van der Waals surface area contributed by atoms with Crippen LogP contribution in [0.5, 0.6) is 0 Å². The molecule has 1 aromatic carbocycles. The van der Waals surface area contributed by atoms with E-state index in [0.717, 1.165) is 16.9 Å². The molecule has 7 heteroatoms. The highest BCUT2D eigenvalue weighted by molar-refractivity contribution is 7.12. The molecule has 3 rings (SSSR count). The van der Waals surface area contributed by atoms with E-state index in [9.17, 15) is 14.4 Å². The summed E-state index contributed by atoms with van der Waals surface area (Å²) in [6.07, 6.45) is 1.51. The number of benzene rings is 1. The van der Waals surface area contributed by atoms with Crippen molar-refractivity contribution in [1.82, 2.24) is 4.98 Å². The summed E-state index contributed by atoms with van der Waals surface area (Å²) in [5, 5.41) is 4.82. The molecule has 0 aliphatic heterocycles. The number of ketones is 1. The average Bonchev–Trinajstić information content (AvgIpc) is 3.21. The summed E-state index contributed by atoms with van der Waals surface area (Å²) in [5.41, 5.74) is 1.34. The fourth-order valence-corrected chi connectivity index (χ4v) is 3.06. The number of carbonyl (C=O) groups excluding carboxylic acids is 3. The Balaban J connectivity index is 1.82. The summed E-state index contributed by atoms with van der Waals surface area (Å²) in [5.74, 6) is -2.00. The fourth-order valence-electron chi connectivity index (χ4n) is 2.32.